The van der Waals surface area contributed by atoms with Crippen LogP contribution in [0.2, 0.25) is 5.02 Å². The first-order valence-corrected chi connectivity index (χ1v) is 7.13. The summed E-state index contributed by atoms with van der Waals surface area (Å²) < 4.78 is 26.0. The lowest BCUT2D eigenvalue weighted by Crippen LogP contribution is -2.35. The van der Waals surface area contributed by atoms with Gasteiger partial charge in [-0.25, -0.2) is 13.1 Å². The fraction of sp³-hybridized carbons (Fsp3) is 0.400. The summed E-state index contributed by atoms with van der Waals surface area (Å²) in [6.45, 7) is 2.50. The van der Waals surface area contributed by atoms with Gasteiger partial charge in [-0.3, -0.25) is 10.1 Å². The molecule has 0 heterocycles. The highest BCUT2D eigenvalue weighted by Crippen LogP contribution is 2.29. The number of halogens is 1. The molecule has 1 aromatic carbocycles. The third-order valence-electron chi connectivity index (χ3n) is 2.43. The van der Waals surface area contributed by atoms with Crippen LogP contribution in [-0.2, 0) is 10.0 Å². The Hall–Kier alpha value is -1.22. The number of aliphatic hydroxyl groups is 1. The summed E-state index contributed by atoms with van der Waals surface area (Å²) in [5.74, 6) is 0. The van der Waals surface area contributed by atoms with Crippen LogP contribution in [0.1, 0.15) is 12.5 Å². The standard InChI is InChI=1S/C10H13ClN2O5S/c1-6(5-14)12-19(17,18)8-3-9(11)7(2)10(4-8)13(15)16/h3-4,6,12,14H,5H2,1-2H3/t6-/m0/s1. The van der Waals surface area contributed by atoms with E-state index in [4.69, 9.17) is 16.7 Å². The molecule has 0 unspecified atom stereocenters. The molecular weight excluding hydrogens is 296 g/mol. The highest BCUT2D eigenvalue weighted by Gasteiger charge is 2.23. The van der Waals surface area contributed by atoms with Gasteiger partial charge in [-0.05, 0) is 19.9 Å². The van der Waals surface area contributed by atoms with Crippen molar-refractivity contribution in [3.8, 4) is 0 Å². The Morgan fingerprint density at radius 2 is 2.11 bits per heavy atom. The van der Waals surface area contributed by atoms with Gasteiger partial charge in [0, 0.05) is 17.7 Å². The molecule has 19 heavy (non-hydrogen) atoms. The third kappa shape index (κ3) is 3.63. The monoisotopic (exact) mass is 308 g/mol. The van der Waals surface area contributed by atoms with Gasteiger partial charge in [0.1, 0.15) is 0 Å². The van der Waals surface area contributed by atoms with Gasteiger partial charge in [-0.2, -0.15) is 0 Å². The zero-order valence-electron chi connectivity index (χ0n) is 10.3. The molecule has 0 saturated carbocycles. The maximum atomic E-state index is 11.9. The minimum absolute atomic E-state index is 0.00812. The number of aliphatic hydroxyl groups excluding tert-OH is 1. The van der Waals surface area contributed by atoms with E-state index in [9.17, 15) is 18.5 Å². The second kappa shape index (κ2) is 5.83. The van der Waals surface area contributed by atoms with Crippen LogP contribution < -0.4 is 4.72 Å². The van der Waals surface area contributed by atoms with E-state index in [-0.39, 0.29) is 27.8 Å². The number of hydrogen-bond donors (Lipinski definition) is 2. The number of nitrogens with one attached hydrogen (secondary N) is 1. The molecule has 0 aliphatic rings. The van der Waals surface area contributed by atoms with Crippen molar-refractivity contribution in [1.82, 2.24) is 4.72 Å². The largest absolute Gasteiger partial charge is 0.395 e. The maximum absolute atomic E-state index is 11.9. The number of nitrogens with zero attached hydrogens (tertiary/aromatic N) is 1. The van der Waals surface area contributed by atoms with Gasteiger partial charge in [-0.1, -0.05) is 11.6 Å². The van der Waals surface area contributed by atoms with Crippen molar-refractivity contribution in [3.63, 3.8) is 0 Å². The van der Waals surface area contributed by atoms with Gasteiger partial charge in [0.2, 0.25) is 10.0 Å². The number of rotatable bonds is 5. The lowest BCUT2D eigenvalue weighted by atomic mass is 10.2. The van der Waals surface area contributed by atoms with Crippen molar-refractivity contribution in [2.24, 2.45) is 0 Å². The maximum Gasteiger partial charge on any atom is 0.275 e. The molecule has 7 nitrogen and oxygen atoms in total. The summed E-state index contributed by atoms with van der Waals surface area (Å²) in [6, 6.07) is 1.37. The molecule has 0 saturated heterocycles. The van der Waals surface area contributed by atoms with Crippen LogP contribution in [-0.4, -0.2) is 31.1 Å². The van der Waals surface area contributed by atoms with E-state index in [0.29, 0.717) is 0 Å². The Labute approximate surface area is 115 Å². The Morgan fingerprint density at radius 1 is 1.53 bits per heavy atom. The second-order valence-corrected chi connectivity index (χ2v) is 6.13. The zero-order chi connectivity index (χ0) is 14.8. The summed E-state index contributed by atoms with van der Waals surface area (Å²) in [6.07, 6.45) is 0. The average molecular weight is 309 g/mol. The number of benzene rings is 1. The van der Waals surface area contributed by atoms with Gasteiger partial charge in [0.05, 0.1) is 21.4 Å². The van der Waals surface area contributed by atoms with Gasteiger partial charge in [0.15, 0.2) is 0 Å². The van der Waals surface area contributed by atoms with Crippen molar-refractivity contribution in [3.05, 3.63) is 32.8 Å². The van der Waals surface area contributed by atoms with Crippen LogP contribution in [0, 0.1) is 17.0 Å². The normalized spacial score (nSPS) is 13.3. The van der Waals surface area contributed by atoms with Crippen molar-refractivity contribution in [1.29, 1.82) is 0 Å². The molecule has 1 aromatic rings. The van der Waals surface area contributed by atoms with Crippen LogP contribution >= 0.6 is 11.6 Å². The molecule has 0 radical (unpaired) electrons. The number of hydrogen-bond acceptors (Lipinski definition) is 5. The summed E-state index contributed by atoms with van der Waals surface area (Å²) in [5, 5.41) is 19.6. The van der Waals surface area contributed by atoms with E-state index < -0.39 is 21.0 Å². The first-order chi connectivity index (χ1) is 8.69. The van der Waals surface area contributed by atoms with Crippen molar-refractivity contribution < 1.29 is 18.4 Å². The fourth-order valence-corrected chi connectivity index (χ4v) is 2.91. The van der Waals surface area contributed by atoms with Gasteiger partial charge >= 0.3 is 0 Å². The number of sulfonamides is 1. The molecule has 9 heteroatoms. The topological polar surface area (TPSA) is 110 Å². The molecule has 0 fully saturated rings. The highest BCUT2D eigenvalue weighted by atomic mass is 35.5. The summed E-state index contributed by atoms with van der Waals surface area (Å²) in [7, 11) is -3.97. The number of nitro benzene ring substituents is 1. The van der Waals surface area contributed by atoms with Gasteiger partial charge < -0.3 is 5.11 Å². The molecule has 0 aliphatic carbocycles. The molecule has 0 aliphatic heterocycles. The number of nitro groups is 1. The first-order valence-electron chi connectivity index (χ1n) is 5.26. The van der Waals surface area contributed by atoms with Crippen LogP contribution in [0.3, 0.4) is 0 Å². The van der Waals surface area contributed by atoms with E-state index >= 15 is 0 Å². The average Bonchev–Trinajstić information content (AvgIpc) is 2.31. The smallest absolute Gasteiger partial charge is 0.275 e. The molecule has 0 aromatic heterocycles. The van der Waals surface area contributed by atoms with Crippen LogP contribution in [0.25, 0.3) is 0 Å². The van der Waals surface area contributed by atoms with Crippen molar-refractivity contribution in [2.45, 2.75) is 24.8 Å². The summed E-state index contributed by atoms with van der Waals surface area (Å²) >= 11 is 5.79. The van der Waals surface area contributed by atoms with Crippen LogP contribution in [0.5, 0.6) is 0 Å². The molecule has 1 atom stereocenters. The molecular formula is C10H13ClN2O5S. The Balaban J connectivity index is 3.32. The van der Waals surface area contributed by atoms with Crippen LogP contribution in [0.4, 0.5) is 5.69 Å². The lowest BCUT2D eigenvalue weighted by Gasteiger charge is -2.12. The molecule has 0 bridgehead atoms. The van der Waals surface area contributed by atoms with Crippen molar-refractivity contribution in [2.75, 3.05) is 6.61 Å². The molecule has 0 spiro atoms. The highest BCUT2D eigenvalue weighted by molar-refractivity contribution is 7.89. The van der Waals surface area contributed by atoms with E-state index in [1.807, 2.05) is 0 Å². The molecule has 106 valence electrons. The van der Waals surface area contributed by atoms with Crippen LogP contribution in [0.15, 0.2) is 17.0 Å². The first kappa shape index (κ1) is 15.8. The molecule has 1 rings (SSSR count). The SMILES string of the molecule is Cc1c(Cl)cc(S(=O)(=O)N[C@@H](C)CO)cc1[N+](=O)[O-]. The summed E-state index contributed by atoms with van der Waals surface area (Å²) in [5.41, 5.74) is -0.176. The Kier molecular flexibility index (Phi) is 4.86. The quantitative estimate of drug-likeness (QED) is 0.627. The minimum atomic E-state index is -3.97. The Morgan fingerprint density at radius 3 is 2.58 bits per heavy atom. The predicted octanol–water partition coefficient (Wildman–Crippen LogP) is 1.22. The Bertz CT molecular complexity index is 602. The zero-order valence-corrected chi connectivity index (χ0v) is 11.8. The summed E-state index contributed by atoms with van der Waals surface area (Å²) in [4.78, 5) is 9.81. The van der Waals surface area contributed by atoms with E-state index in [1.165, 1.54) is 13.8 Å². The van der Waals surface area contributed by atoms with Gasteiger partial charge in [-0.15, -0.1) is 0 Å². The fourth-order valence-electron chi connectivity index (χ4n) is 1.36. The van der Waals surface area contributed by atoms with E-state index in [1.54, 1.807) is 0 Å². The van der Waals surface area contributed by atoms with E-state index in [0.717, 1.165) is 12.1 Å². The predicted molar refractivity (Wildman–Crippen MR) is 69.7 cm³/mol. The third-order valence-corrected chi connectivity index (χ3v) is 4.39. The second-order valence-electron chi connectivity index (χ2n) is 4.01. The van der Waals surface area contributed by atoms with E-state index in [2.05, 4.69) is 4.72 Å². The molecule has 0 amide bonds. The van der Waals surface area contributed by atoms with Crippen molar-refractivity contribution >= 4 is 27.3 Å². The van der Waals surface area contributed by atoms with Gasteiger partial charge in [0.25, 0.3) is 5.69 Å². The lowest BCUT2D eigenvalue weighted by molar-refractivity contribution is -0.385. The minimum Gasteiger partial charge on any atom is -0.395 e. The molecule has 2 N–H and O–H groups in total.